The molecule has 2 rings (SSSR count). The fraction of sp³-hybridized carbons (Fsp3) is 0.154. The minimum absolute atomic E-state index is 0.365. The van der Waals surface area contributed by atoms with Crippen LogP contribution in [-0.4, -0.2) is 18.1 Å². The molecule has 0 atom stereocenters. The van der Waals surface area contributed by atoms with E-state index in [0.717, 1.165) is 5.69 Å². The summed E-state index contributed by atoms with van der Waals surface area (Å²) in [6, 6.07) is 10.8. The third-order valence-corrected chi connectivity index (χ3v) is 2.31. The molecule has 88 valence electrons. The number of H-pyrrole nitrogens is 1. The Kier molecular flexibility index (Phi) is 3.45. The summed E-state index contributed by atoms with van der Waals surface area (Å²) in [5, 5.41) is 0. The van der Waals surface area contributed by atoms with E-state index in [1.165, 1.54) is 7.11 Å². The van der Waals surface area contributed by atoms with Crippen LogP contribution in [-0.2, 0) is 11.3 Å². The summed E-state index contributed by atoms with van der Waals surface area (Å²) in [6.45, 7) is 0.442. The van der Waals surface area contributed by atoms with Gasteiger partial charge in [-0.2, -0.15) is 0 Å². The molecule has 0 aliphatic rings. The number of ether oxygens (including phenoxy) is 2. The van der Waals surface area contributed by atoms with Gasteiger partial charge >= 0.3 is 5.97 Å². The first-order valence-corrected chi connectivity index (χ1v) is 5.23. The molecule has 0 aliphatic heterocycles. The van der Waals surface area contributed by atoms with E-state index in [-0.39, 0.29) is 5.97 Å². The highest BCUT2D eigenvalue weighted by atomic mass is 16.5. The van der Waals surface area contributed by atoms with Gasteiger partial charge in [0.25, 0.3) is 0 Å². The monoisotopic (exact) mass is 231 g/mol. The largest absolute Gasteiger partial charge is 0.487 e. The minimum Gasteiger partial charge on any atom is -0.487 e. The Bertz CT molecular complexity index is 491. The van der Waals surface area contributed by atoms with Gasteiger partial charge in [-0.15, -0.1) is 0 Å². The standard InChI is InChI=1S/C13H13NO3/c1-16-13(15)10-4-2-6-12(8-10)17-9-11-5-3-7-14-11/h2-8,14H,9H2,1H3. The Balaban J connectivity index is 2.03. The molecule has 0 spiro atoms. The fourth-order valence-corrected chi connectivity index (χ4v) is 1.45. The van der Waals surface area contributed by atoms with E-state index in [1.54, 1.807) is 24.3 Å². The second-order valence-corrected chi connectivity index (χ2v) is 3.50. The van der Waals surface area contributed by atoms with Crippen molar-refractivity contribution < 1.29 is 14.3 Å². The van der Waals surface area contributed by atoms with Crippen molar-refractivity contribution in [1.29, 1.82) is 0 Å². The zero-order chi connectivity index (χ0) is 12.1. The quantitative estimate of drug-likeness (QED) is 0.822. The summed E-state index contributed by atoms with van der Waals surface area (Å²) in [5.74, 6) is 0.276. The van der Waals surface area contributed by atoms with E-state index < -0.39 is 0 Å². The minimum atomic E-state index is -0.365. The van der Waals surface area contributed by atoms with Crippen LogP contribution in [0.2, 0.25) is 0 Å². The smallest absolute Gasteiger partial charge is 0.337 e. The first-order valence-electron chi connectivity index (χ1n) is 5.23. The van der Waals surface area contributed by atoms with Gasteiger partial charge in [0.05, 0.1) is 18.4 Å². The normalized spacial score (nSPS) is 9.94. The average molecular weight is 231 g/mol. The summed E-state index contributed by atoms with van der Waals surface area (Å²) >= 11 is 0. The molecule has 0 unspecified atom stereocenters. The number of aromatic nitrogens is 1. The predicted molar refractivity (Wildman–Crippen MR) is 62.9 cm³/mol. The van der Waals surface area contributed by atoms with E-state index >= 15 is 0 Å². The van der Waals surface area contributed by atoms with E-state index in [4.69, 9.17) is 4.74 Å². The molecule has 4 heteroatoms. The maximum absolute atomic E-state index is 11.3. The second-order valence-electron chi connectivity index (χ2n) is 3.50. The van der Waals surface area contributed by atoms with Crippen LogP contribution >= 0.6 is 0 Å². The van der Waals surface area contributed by atoms with Gasteiger partial charge in [-0.25, -0.2) is 4.79 Å². The lowest BCUT2D eigenvalue weighted by atomic mass is 10.2. The third kappa shape index (κ3) is 2.87. The number of aromatic amines is 1. The molecule has 0 saturated carbocycles. The number of hydrogen-bond acceptors (Lipinski definition) is 3. The topological polar surface area (TPSA) is 51.3 Å². The van der Waals surface area contributed by atoms with Crippen LogP contribution < -0.4 is 4.74 Å². The molecule has 0 saturated heterocycles. The number of esters is 1. The lowest BCUT2D eigenvalue weighted by Crippen LogP contribution is -2.02. The fourth-order valence-electron chi connectivity index (χ4n) is 1.45. The van der Waals surface area contributed by atoms with Crippen LogP contribution in [0.3, 0.4) is 0 Å². The number of methoxy groups -OCH3 is 1. The summed E-state index contributed by atoms with van der Waals surface area (Å²) in [5.41, 5.74) is 1.46. The Morgan fingerprint density at radius 3 is 2.88 bits per heavy atom. The van der Waals surface area contributed by atoms with Crippen LogP contribution in [0.25, 0.3) is 0 Å². The molecule has 1 heterocycles. The molecule has 4 nitrogen and oxygen atoms in total. The van der Waals surface area contributed by atoms with E-state index in [9.17, 15) is 4.79 Å². The number of carbonyl (C=O) groups is 1. The molecule has 0 aliphatic carbocycles. The SMILES string of the molecule is COC(=O)c1cccc(OCc2ccc[nH]2)c1. The van der Waals surface area contributed by atoms with Crippen LogP contribution in [0.4, 0.5) is 0 Å². The second kappa shape index (κ2) is 5.21. The molecule has 2 aromatic rings. The zero-order valence-corrected chi connectivity index (χ0v) is 9.47. The Hall–Kier alpha value is -2.23. The molecule has 1 aromatic carbocycles. The van der Waals surface area contributed by atoms with Crippen LogP contribution in [0, 0.1) is 0 Å². The van der Waals surface area contributed by atoms with Gasteiger partial charge in [0.2, 0.25) is 0 Å². The van der Waals surface area contributed by atoms with E-state index in [1.807, 2.05) is 18.3 Å². The highest BCUT2D eigenvalue weighted by Crippen LogP contribution is 2.15. The van der Waals surface area contributed by atoms with Gasteiger partial charge < -0.3 is 14.5 Å². The lowest BCUT2D eigenvalue weighted by Gasteiger charge is -2.06. The molecule has 0 amide bonds. The Morgan fingerprint density at radius 1 is 1.29 bits per heavy atom. The van der Waals surface area contributed by atoms with E-state index in [0.29, 0.717) is 17.9 Å². The van der Waals surface area contributed by atoms with Gasteiger partial charge in [-0.3, -0.25) is 0 Å². The Labute approximate surface area is 99.2 Å². The molecular weight excluding hydrogens is 218 g/mol. The number of hydrogen-bond donors (Lipinski definition) is 1. The molecule has 0 bridgehead atoms. The molecule has 0 radical (unpaired) electrons. The molecule has 17 heavy (non-hydrogen) atoms. The summed E-state index contributed by atoms with van der Waals surface area (Å²) < 4.78 is 10.2. The van der Waals surface area contributed by atoms with Crippen molar-refractivity contribution >= 4 is 5.97 Å². The highest BCUT2D eigenvalue weighted by Gasteiger charge is 2.06. The summed E-state index contributed by atoms with van der Waals surface area (Å²) in [4.78, 5) is 14.4. The first kappa shape index (κ1) is 11.3. The van der Waals surface area contributed by atoms with Gasteiger partial charge in [-0.05, 0) is 30.3 Å². The van der Waals surface area contributed by atoms with Gasteiger partial charge in [0, 0.05) is 6.20 Å². The maximum Gasteiger partial charge on any atom is 0.337 e. The molecule has 1 N–H and O–H groups in total. The maximum atomic E-state index is 11.3. The van der Waals surface area contributed by atoms with Crippen molar-refractivity contribution in [3.05, 3.63) is 53.9 Å². The average Bonchev–Trinajstić information content (AvgIpc) is 2.89. The van der Waals surface area contributed by atoms with Crippen molar-refractivity contribution in [2.45, 2.75) is 6.61 Å². The number of carbonyl (C=O) groups excluding carboxylic acids is 1. The lowest BCUT2D eigenvalue weighted by molar-refractivity contribution is 0.0600. The van der Waals surface area contributed by atoms with Crippen LogP contribution in [0.15, 0.2) is 42.6 Å². The number of rotatable bonds is 4. The summed E-state index contributed by atoms with van der Waals surface area (Å²) in [6.07, 6.45) is 1.84. The van der Waals surface area contributed by atoms with Crippen molar-refractivity contribution in [2.24, 2.45) is 0 Å². The number of nitrogens with one attached hydrogen (secondary N) is 1. The Morgan fingerprint density at radius 2 is 2.18 bits per heavy atom. The third-order valence-electron chi connectivity index (χ3n) is 2.31. The first-order chi connectivity index (χ1) is 8.29. The molecule has 1 aromatic heterocycles. The van der Waals surface area contributed by atoms with Crippen molar-refractivity contribution in [1.82, 2.24) is 4.98 Å². The highest BCUT2D eigenvalue weighted by molar-refractivity contribution is 5.89. The van der Waals surface area contributed by atoms with Crippen molar-refractivity contribution in [3.63, 3.8) is 0 Å². The molecule has 0 fully saturated rings. The van der Waals surface area contributed by atoms with Gasteiger partial charge in [0.15, 0.2) is 0 Å². The number of benzene rings is 1. The van der Waals surface area contributed by atoms with Crippen molar-refractivity contribution in [2.75, 3.05) is 7.11 Å². The van der Waals surface area contributed by atoms with E-state index in [2.05, 4.69) is 9.72 Å². The predicted octanol–water partition coefficient (Wildman–Crippen LogP) is 2.38. The zero-order valence-electron chi connectivity index (χ0n) is 9.47. The van der Waals surface area contributed by atoms with Crippen LogP contribution in [0.5, 0.6) is 5.75 Å². The molecular formula is C13H13NO3. The van der Waals surface area contributed by atoms with Gasteiger partial charge in [0.1, 0.15) is 12.4 Å². The summed E-state index contributed by atoms with van der Waals surface area (Å²) in [7, 11) is 1.36. The van der Waals surface area contributed by atoms with Crippen LogP contribution in [0.1, 0.15) is 16.1 Å². The van der Waals surface area contributed by atoms with Gasteiger partial charge in [-0.1, -0.05) is 6.07 Å². The van der Waals surface area contributed by atoms with Crippen molar-refractivity contribution in [3.8, 4) is 5.75 Å².